The van der Waals surface area contributed by atoms with Crippen molar-refractivity contribution in [3.8, 4) is 0 Å². The van der Waals surface area contributed by atoms with Gasteiger partial charge in [-0.15, -0.1) is 21.5 Å². The van der Waals surface area contributed by atoms with Crippen LogP contribution in [0.25, 0.3) is 10.1 Å². The monoisotopic (exact) mass is 412 g/mol. The molecule has 29 heavy (non-hydrogen) atoms. The van der Waals surface area contributed by atoms with Crippen molar-refractivity contribution in [2.45, 2.75) is 51.8 Å². The van der Waals surface area contributed by atoms with Crippen LogP contribution in [0.2, 0.25) is 0 Å². The molecule has 1 aromatic carbocycles. The molecule has 2 aromatic heterocycles. The molecule has 1 aliphatic rings. The number of aromatic nitrogens is 3. The maximum atomic E-state index is 10.6. The van der Waals surface area contributed by atoms with Crippen molar-refractivity contribution in [2.24, 2.45) is 4.99 Å². The lowest BCUT2D eigenvalue weighted by Crippen LogP contribution is -2.39. The standard InChI is InChI=1S/C21H28N6OS/c1-2-22-21(24-14-20-26-25-19-10-4-3-7-11-27(19)20)23-13-16(28)18-12-15-8-5-6-9-17(15)29-18/h5-6,8-9,12,16,28H,2-4,7,10-11,13-14H2,1H3,(H2,22,23,24). The lowest BCUT2D eigenvalue weighted by atomic mass is 10.2. The summed E-state index contributed by atoms with van der Waals surface area (Å²) in [5, 5.41) is 27.0. The minimum absolute atomic E-state index is 0.399. The molecule has 0 spiro atoms. The predicted molar refractivity (Wildman–Crippen MR) is 117 cm³/mol. The summed E-state index contributed by atoms with van der Waals surface area (Å²) >= 11 is 1.63. The lowest BCUT2D eigenvalue weighted by Gasteiger charge is -2.14. The molecule has 0 saturated carbocycles. The number of fused-ring (bicyclic) bond motifs is 2. The normalized spacial score (nSPS) is 15.7. The molecule has 8 heteroatoms. The quantitative estimate of drug-likeness (QED) is 0.428. The molecular weight excluding hydrogens is 384 g/mol. The van der Waals surface area contributed by atoms with Crippen LogP contribution < -0.4 is 10.6 Å². The van der Waals surface area contributed by atoms with E-state index in [0.29, 0.717) is 19.0 Å². The molecule has 0 bridgehead atoms. The number of hydrogen-bond donors (Lipinski definition) is 3. The van der Waals surface area contributed by atoms with Gasteiger partial charge in [-0.05, 0) is 37.3 Å². The Morgan fingerprint density at radius 1 is 1.24 bits per heavy atom. The molecule has 3 aromatic rings. The van der Waals surface area contributed by atoms with Crippen LogP contribution in [0.1, 0.15) is 48.8 Å². The molecule has 7 nitrogen and oxygen atoms in total. The summed E-state index contributed by atoms with van der Waals surface area (Å²) in [5.41, 5.74) is 0. The van der Waals surface area contributed by atoms with Gasteiger partial charge in [0.15, 0.2) is 11.8 Å². The summed E-state index contributed by atoms with van der Waals surface area (Å²) < 4.78 is 3.40. The number of aryl methyl sites for hydroxylation is 1. The molecule has 3 N–H and O–H groups in total. The first-order valence-corrected chi connectivity index (χ1v) is 11.2. The Hall–Kier alpha value is -2.45. The number of hydrogen-bond acceptors (Lipinski definition) is 5. The second kappa shape index (κ2) is 9.37. The number of aliphatic imine (C=N–C) groups is 1. The smallest absolute Gasteiger partial charge is 0.191 e. The fourth-order valence-corrected chi connectivity index (χ4v) is 4.66. The molecule has 1 atom stereocenters. The van der Waals surface area contributed by atoms with Gasteiger partial charge >= 0.3 is 0 Å². The summed E-state index contributed by atoms with van der Waals surface area (Å²) in [5.74, 6) is 2.66. The molecule has 0 radical (unpaired) electrons. The van der Waals surface area contributed by atoms with Gasteiger partial charge in [-0.25, -0.2) is 4.99 Å². The van der Waals surface area contributed by atoms with Crippen molar-refractivity contribution in [1.82, 2.24) is 25.4 Å². The molecule has 1 aliphatic heterocycles. The van der Waals surface area contributed by atoms with Gasteiger partial charge in [-0.3, -0.25) is 0 Å². The van der Waals surface area contributed by atoms with Crippen LogP contribution in [0.5, 0.6) is 0 Å². The highest BCUT2D eigenvalue weighted by Gasteiger charge is 2.15. The predicted octanol–water partition coefficient (Wildman–Crippen LogP) is 3.01. The maximum absolute atomic E-state index is 10.6. The van der Waals surface area contributed by atoms with E-state index in [-0.39, 0.29) is 0 Å². The van der Waals surface area contributed by atoms with Crippen molar-refractivity contribution < 1.29 is 5.11 Å². The number of aliphatic hydroxyl groups excluding tert-OH is 1. The molecular formula is C21H28N6OS. The number of benzene rings is 1. The zero-order valence-electron chi connectivity index (χ0n) is 16.8. The Morgan fingerprint density at radius 2 is 2.14 bits per heavy atom. The average molecular weight is 413 g/mol. The first-order chi connectivity index (χ1) is 14.2. The number of aliphatic hydroxyl groups is 1. The van der Waals surface area contributed by atoms with Crippen LogP contribution in [-0.4, -0.2) is 38.9 Å². The highest BCUT2D eigenvalue weighted by molar-refractivity contribution is 7.19. The molecule has 4 rings (SSSR count). The van der Waals surface area contributed by atoms with Crippen LogP contribution in [0.3, 0.4) is 0 Å². The maximum Gasteiger partial charge on any atom is 0.191 e. The summed E-state index contributed by atoms with van der Waals surface area (Å²) in [6.07, 6.45) is 4.01. The van der Waals surface area contributed by atoms with E-state index in [1.165, 1.54) is 29.3 Å². The Balaban J connectivity index is 1.40. The van der Waals surface area contributed by atoms with E-state index in [1.54, 1.807) is 11.3 Å². The largest absolute Gasteiger partial charge is 0.386 e. The van der Waals surface area contributed by atoms with Crippen molar-refractivity contribution in [1.29, 1.82) is 0 Å². The molecule has 0 saturated heterocycles. The van der Waals surface area contributed by atoms with E-state index in [4.69, 9.17) is 0 Å². The molecule has 0 aliphatic carbocycles. The summed E-state index contributed by atoms with van der Waals surface area (Å²) in [6, 6.07) is 10.2. The molecule has 0 fully saturated rings. The van der Waals surface area contributed by atoms with Crippen LogP contribution in [0.15, 0.2) is 35.3 Å². The number of rotatable bonds is 6. The summed E-state index contributed by atoms with van der Waals surface area (Å²) in [6.45, 7) is 4.63. The fraction of sp³-hybridized carbons (Fsp3) is 0.476. The second-order valence-electron chi connectivity index (χ2n) is 7.27. The number of guanidine groups is 1. The fourth-order valence-electron chi connectivity index (χ4n) is 3.61. The third-order valence-corrected chi connectivity index (χ3v) is 6.36. The first kappa shape index (κ1) is 19.8. The first-order valence-electron chi connectivity index (χ1n) is 10.3. The van der Waals surface area contributed by atoms with Crippen molar-refractivity contribution in [3.63, 3.8) is 0 Å². The summed E-state index contributed by atoms with van der Waals surface area (Å²) in [7, 11) is 0. The molecule has 0 amide bonds. The van der Waals surface area contributed by atoms with Crippen LogP contribution >= 0.6 is 11.3 Å². The average Bonchev–Trinajstić information content (AvgIpc) is 3.26. The molecule has 154 valence electrons. The van der Waals surface area contributed by atoms with Gasteiger partial charge < -0.3 is 20.3 Å². The van der Waals surface area contributed by atoms with Crippen molar-refractivity contribution in [3.05, 3.63) is 46.9 Å². The van der Waals surface area contributed by atoms with Gasteiger partial charge in [0.1, 0.15) is 18.5 Å². The van der Waals surface area contributed by atoms with Gasteiger partial charge in [0, 0.05) is 35.6 Å². The topological polar surface area (TPSA) is 87.4 Å². The van der Waals surface area contributed by atoms with E-state index >= 15 is 0 Å². The third-order valence-electron chi connectivity index (χ3n) is 5.14. The van der Waals surface area contributed by atoms with E-state index in [0.717, 1.165) is 36.0 Å². The minimum atomic E-state index is -0.583. The summed E-state index contributed by atoms with van der Waals surface area (Å²) in [4.78, 5) is 5.62. The van der Waals surface area contributed by atoms with Gasteiger partial charge in [0.05, 0.1) is 0 Å². The Bertz CT molecular complexity index is 946. The second-order valence-corrected chi connectivity index (χ2v) is 8.39. The van der Waals surface area contributed by atoms with Crippen molar-refractivity contribution in [2.75, 3.05) is 13.1 Å². The Morgan fingerprint density at radius 3 is 3.00 bits per heavy atom. The van der Waals surface area contributed by atoms with Crippen LogP contribution in [0, 0.1) is 0 Å². The van der Waals surface area contributed by atoms with Crippen LogP contribution in [-0.2, 0) is 19.5 Å². The Labute approximate surface area is 174 Å². The molecule has 1 unspecified atom stereocenters. The lowest BCUT2D eigenvalue weighted by molar-refractivity contribution is 0.184. The zero-order chi connectivity index (χ0) is 20.1. The van der Waals surface area contributed by atoms with Gasteiger partial charge in [0.25, 0.3) is 0 Å². The third kappa shape index (κ3) is 4.76. The van der Waals surface area contributed by atoms with Crippen LogP contribution in [0.4, 0.5) is 0 Å². The number of nitrogens with one attached hydrogen (secondary N) is 2. The van der Waals surface area contributed by atoms with Gasteiger partial charge in [-0.2, -0.15) is 0 Å². The van der Waals surface area contributed by atoms with Gasteiger partial charge in [0.2, 0.25) is 0 Å². The minimum Gasteiger partial charge on any atom is -0.386 e. The van der Waals surface area contributed by atoms with E-state index in [2.05, 4.69) is 48.6 Å². The van der Waals surface area contributed by atoms with E-state index < -0.39 is 6.10 Å². The highest BCUT2D eigenvalue weighted by atomic mass is 32.1. The van der Waals surface area contributed by atoms with E-state index in [1.807, 2.05) is 19.1 Å². The highest BCUT2D eigenvalue weighted by Crippen LogP contribution is 2.29. The molecule has 3 heterocycles. The Kier molecular flexibility index (Phi) is 6.41. The number of nitrogens with zero attached hydrogens (tertiary/aromatic N) is 4. The zero-order valence-corrected chi connectivity index (χ0v) is 17.6. The SMILES string of the molecule is CCNC(=NCc1nnc2n1CCCCC2)NCC(O)c1cc2ccccc2s1. The van der Waals surface area contributed by atoms with E-state index in [9.17, 15) is 5.11 Å². The van der Waals surface area contributed by atoms with Gasteiger partial charge in [-0.1, -0.05) is 24.6 Å². The number of thiophene rings is 1. The van der Waals surface area contributed by atoms with Crippen molar-refractivity contribution >= 4 is 27.4 Å².